The Morgan fingerprint density at radius 3 is 2.93 bits per heavy atom. The molecule has 1 aliphatic heterocycles. The molecule has 4 rings (SSSR count). The summed E-state index contributed by atoms with van der Waals surface area (Å²) in [7, 11) is 0. The largest absolute Gasteiger partial charge is 0.354 e. The number of benzene rings is 1. The Morgan fingerprint density at radius 2 is 2.07 bits per heavy atom. The fourth-order valence-electron chi connectivity index (χ4n) is 3.63. The number of nitrogens with one attached hydrogen (secondary N) is 1. The minimum atomic E-state index is -0.370. The highest BCUT2D eigenvalue weighted by Crippen LogP contribution is 2.22. The number of carbonyl (C=O) groups is 2. The SMILES string of the molecule is O=C(NCCc1cccc2cccnc12)[C@@H]1CCCN1C(=O)c1cccs1. The van der Waals surface area contributed by atoms with Crippen molar-refractivity contribution in [2.75, 3.05) is 13.1 Å². The Bertz CT molecular complexity index is 950. The first kappa shape index (κ1) is 17.7. The van der Waals surface area contributed by atoms with Gasteiger partial charge in [-0.2, -0.15) is 0 Å². The van der Waals surface area contributed by atoms with Gasteiger partial charge in [0.05, 0.1) is 10.4 Å². The van der Waals surface area contributed by atoms with Crippen LogP contribution >= 0.6 is 11.3 Å². The summed E-state index contributed by atoms with van der Waals surface area (Å²) in [6.45, 7) is 1.17. The number of nitrogens with zero attached hydrogens (tertiary/aromatic N) is 2. The van der Waals surface area contributed by atoms with Crippen molar-refractivity contribution in [3.8, 4) is 0 Å². The van der Waals surface area contributed by atoms with Crippen LogP contribution in [0.4, 0.5) is 0 Å². The predicted octanol–water partition coefficient (Wildman–Crippen LogP) is 3.26. The highest BCUT2D eigenvalue weighted by Gasteiger charge is 2.34. The molecule has 1 aliphatic rings. The average Bonchev–Trinajstić information content (AvgIpc) is 3.39. The summed E-state index contributed by atoms with van der Waals surface area (Å²) in [5, 5.41) is 6.00. The molecule has 0 saturated carbocycles. The zero-order valence-corrected chi connectivity index (χ0v) is 15.7. The van der Waals surface area contributed by atoms with Gasteiger partial charge in [0.1, 0.15) is 6.04 Å². The zero-order chi connectivity index (χ0) is 18.6. The van der Waals surface area contributed by atoms with Crippen LogP contribution < -0.4 is 5.32 Å². The van der Waals surface area contributed by atoms with E-state index in [1.54, 1.807) is 11.1 Å². The second-order valence-electron chi connectivity index (χ2n) is 6.67. The van der Waals surface area contributed by atoms with Crippen molar-refractivity contribution in [3.05, 3.63) is 64.5 Å². The molecular weight excluding hydrogens is 358 g/mol. The van der Waals surface area contributed by atoms with Gasteiger partial charge in [-0.1, -0.05) is 30.3 Å². The fourth-order valence-corrected chi connectivity index (χ4v) is 4.31. The Morgan fingerprint density at radius 1 is 1.19 bits per heavy atom. The standard InChI is InChI=1S/C21H21N3O2S/c25-20(17-8-3-13-24(17)21(26)18-9-4-14-27-18)23-12-10-16-6-1-5-15-7-2-11-22-19(15)16/h1-2,4-7,9,11,14,17H,3,8,10,12-13H2,(H,23,25)/t17-/m0/s1. The number of rotatable bonds is 5. The van der Waals surface area contributed by atoms with Crippen molar-refractivity contribution in [3.63, 3.8) is 0 Å². The number of pyridine rings is 1. The maximum absolute atomic E-state index is 12.7. The number of carbonyl (C=O) groups excluding carboxylic acids is 2. The highest BCUT2D eigenvalue weighted by molar-refractivity contribution is 7.12. The summed E-state index contributed by atoms with van der Waals surface area (Å²) in [5.74, 6) is -0.105. The van der Waals surface area contributed by atoms with Gasteiger partial charge in [0.2, 0.25) is 5.91 Å². The molecule has 138 valence electrons. The fraction of sp³-hybridized carbons (Fsp3) is 0.286. The van der Waals surface area contributed by atoms with Gasteiger partial charge in [0.25, 0.3) is 5.91 Å². The molecule has 1 fully saturated rings. The van der Waals surface area contributed by atoms with E-state index in [9.17, 15) is 9.59 Å². The summed E-state index contributed by atoms with van der Waals surface area (Å²) in [6.07, 6.45) is 4.09. The molecule has 5 nitrogen and oxygen atoms in total. The molecule has 3 aromatic rings. The normalized spacial score (nSPS) is 16.6. The predicted molar refractivity (Wildman–Crippen MR) is 107 cm³/mol. The topological polar surface area (TPSA) is 62.3 Å². The van der Waals surface area contributed by atoms with Gasteiger partial charge in [0, 0.05) is 24.7 Å². The molecule has 1 atom stereocenters. The van der Waals surface area contributed by atoms with Gasteiger partial charge in [-0.15, -0.1) is 11.3 Å². The van der Waals surface area contributed by atoms with E-state index in [0.717, 1.165) is 29.3 Å². The van der Waals surface area contributed by atoms with E-state index < -0.39 is 0 Å². The monoisotopic (exact) mass is 379 g/mol. The Labute approximate surface area is 162 Å². The summed E-state index contributed by atoms with van der Waals surface area (Å²) in [4.78, 5) is 32.1. The Balaban J connectivity index is 1.38. The van der Waals surface area contributed by atoms with Gasteiger partial charge in [0.15, 0.2) is 0 Å². The summed E-state index contributed by atoms with van der Waals surface area (Å²) in [5.41, 5.74) is 2.09. The molecule has 2 amide bonds. The lowest BCUT2D eigenvalue weighted by Crippen LogP contribution is -2.46. The van der Waals surface area contributed by atoms with E-state index in [2.05, 4.69) is 10.3 Å². The first-order valence-electron chi connectivity index (χ1n) is 9.19. The number of likely N-dealkylation sites (tertiary alicyclic amines) is 1. The zero-order valence-electron chi connectivity index (χ0n) is 14.9. The molecule has 0 unspecified atom stereocenters. The van der Waals surface area contributed by atoms with Crippen LogP contribution in [0, 0.1) is 0 Å². The van der Waals surface area contributed by atoms with Gasteiger partial charge in [-0.05, 0) is 42.3 Å². The summed E-state index contributed by atoms with van der Waals surface area (Å²) in [6, 6.07) is 13.4. The molecule has 1 N–H and O–H groups in total. The van der Waals surface area contributed by atoms with Gasteiger partial charge in [-0.3, -0.25) is 14.6 Å². The smallest absolute Gasteiger partial charge is 0.264 e. The lowest BCUT2D eigenvalue weighted by atomic mass is 10.1. The number of hydrogen-bond donors (Lipinski definition) is 1. The molecule has 1 aromatic carbocycles. The first-order chi connectivity index (χ1) is 13.2. The highest BCUT2D eigenvalue weighted by atomic mass is 32.1. The van der Waals surface area contributed by atoms with E-state index in [1.807, 2.05) is 47.8 Å². The van der Waals surface area contributed by atoms with E-state index in [-0.39, 0.29) is 17.9 Å². The third kappa shape index (κ3) is 3.71. The van der Waals surface area contributed by atoms with Crippen LogP contribution in [-0.4, -0.2) is 40.8 Å². The van der Waals surface area contributed by atoms with Crippen molar-refractivity contribution < 1.29 is 9.59 Å². The Hall–Kier alpha value is -2.73. The van der Waals surface area contributed by atoms with Gasteiger partial charge >= 0.3 is 0 Å². The molecule has 1 saturated heterocycles. The Kier molecular flexibility index (Phi) is 5.16. The van der Waals surface area contributed by atoms with Crippen LogP contribution in [0.15, 0.2) is 54.0 Å². The molecule has 0 spiro atoms. The van der Waals surface area contributed by atoms with Crippen molar-refractivity contribution in [1.29, 1.82) is 0 Å². The molecule has 2 aromatic heterocycles. The lowest BCUT2D eigenvalue weighted by Gasteiger charge is -2.23. The van der Waals surface area contributed by atoms with Crippen molar-refractivity contribution >= 4 is 34.1 Å². The molecule has 0 aliphatic carbocycles. The molecule has 0 radical (unpaired) electrons. The second kappa shape index (κ2) is 7.88. The molecule has 0 bridgehead atoms. The van der Waals surface area contributed by atoms with Crippen LogP contribution in [0.2, 0.25) is 0 Å². The second-order valence-corrected chi connectivity index (χ2v) is 7.61. The van der Waals surface area contributed by atoms with E-state index >= 15 is 0 Å². The summed E-state index contributed by atoms with van der Waals surface area (Å²) < 4.78 is 0. The maximum atomic E-state index is 12.7. The van der Waals surface area contributed by atoms with Crippen LogP contribution in [0.3, 0.4) is 0 Å². The number of fused-ring (bicyclic) bond motifs is 1. The van der Waals surface area contributed by atoms with Gasteiger partial charge < -0.3 is 10.2 Å². The number of hydrogen-bond acceptors (Lipinski definition) is 4. The minimum Gasteiger partial charge on any atom is -0.354 e. The van der Waals surface area contributed by atoms with E-state index in [0.29, 0.717) is 24.4 Å². The van der Waals surface area contributed by atoms with Crippen molar-refractivity contribution in [2.24, 2.45) is 0 Å². The van der Waals surface area contributed by atoms with E-state index in [4.69, 9.17) is 0 Å². The molecular formula is C21H21N3O2S. The third-order valence-electron chi connectivity index (χ3n) is 4.96. The third-order valence-corrected chi connectivity index (χ3v) is 5.82. The summed E-state index contributed by atoms with van der Waals surface area (Å²) >= 11 is 1.42. The number of aromatic nitrogens is 1. The van der Waals surface area contributed by atoms with Gasteiger partial charge in [-0.25, -0.2) is 0 Å². The quantitative estimate of drug-likeness (QED) is 0.740. The van der Waals surface area contributed by atoms with Crippen LogP contribution in [0.5, 0.6) is 0 Å². The maximum Gasteiger partial charge on any atom is 0.264 e. The average molecular weight is 379 g/mol. The van der Waals surface area contributed by atoms with Crippen molar-refractivity contribution in [1.82, 2.24) is 15.2 Å². The number of amides is 2. The van der Waals surface area contributed by atoms with Crippen molar-refractivity contribution in [2.45, 2.75) is 25.3 Å². The molecule has 3 heterocycles. The lowest BCUT2D eigenvalue weighted by molar-refractivity contribution is -0.124. The van der Waals surface area contributed by atoms with Crippen LogP contribution in [0.25, 0.3) is 10.9 Å². The van der Waals surface area contributed by atoms with Crippen LogP contribution in [0.1, 0.15) is 28.1 Å². The first-order valence-corrected chi connectivity index (χ1v) is 10.1. The van der Waals surface area contributed by atoms with Crippen LogP contribution in [-0.2, 0) is 11.2 Å². The number of para-hydroxylation sites is 1. The number of thiophene rings is 1. The molecule has 6 heteroatoms. The minimum absolute atomic E-state index is 0.0408. The van der Waals surface area contributed by atoms with E-state index in [1.165, 1.54) is 11.3 Å². The molecule has 27 heavy (non-hydrogen) atoms.